The Morgan fingerprint density at radius 3 is 2.88 bits per heavy atom. The SMILES string of the molecule is CC1CNC(=O)N(c2cccc(Cl)c2)C(=O)C1. The summed E-state index contributed by atoms with van der Waals surface area (Å²) in [6, 6.07) is 6.33. The van der Waals surface area contributed by atoms with E-state index < -0.39 is 0 Å². The molecule has 90 valence electrons. The minimum absolute atomic E-state index is 0.149. The zero-order chi connectivity index (χ0) is 12.4. The van der Waals surface area contributed by atoms with Crippen LogP contribution in [0.2, 0.25) is 5.02 Å². The first-order chi connectivity index (χ1) is 8.08. The predicted octanol–water partition coefficient (Wildman–Crippen LogP) is 2.42. The van der Waals surface area contributed by atoms with E-state index in [9.17, 15) is 9.59 Å². The van der Waals surface area contributed by atoms with E-state index in [-0.39, 0.29) is 17.9 Å². The Kier molecular flexibility index (Phi) is 3.33. The summed E-state index contributed by atoms with van der Waals surface area (Å²) in [6.07, 6.45) is 0.352. The molecule has 1 aromatic carbocycles. The molecule has 1 aromatic rings. The fraction of sp³-hybridized carbons (Fsp3) is 0.333. The lowest BCUT2D eigenvalue weighted by Gasteiger charge is -2.18. The third-order valence-electron chi connectivity index (χ3n) is 2.64. The van der Waals surface area contributed by atoms with Crippen molar-refractivity contribution in [3.63, 3.8) is 0 Å². The van der Waals surface area contributed by atoms with Crippen molar-refractivity contribution >= 4 is 29.2 Å². The molecule has 0 spiro atoms. The number of hydrogen-bond acceptors (Lipinski definition) is 2. The molecule has 1 heterocycles. The third kappa shape index (κ3) is 2.58. The van der Waals surface area contributed by atoms with Crippen molar-refractivity contribution in [2.24, 2.45) is 5.92 Å². The number of benzene rings is 1. The number of anilines is 1. The largest absolute Gasteiger partial charge is 0.337 e. The first-order valence-electron chi connectivity index (χ1n) is 5.44. The Morgan fingerprint density at radius 2 is 2.18 bits per heavy atom. The van der Waals surface area contributed by atoms with E-state index in [0.717, 1.165) is 4.90 Å². The molecule has 1 aliphatic heterocycles. The molecule has 0 bridgehead atoms. The Bertz CT molecular complexity index is 462. The highest BCUT2D eigenvalue weighted by Gasteiger charge is 2.28. The van der Waals surface area contributed by atoms with Crippen molar-refractivity contribution in [1.29, 1.82) is 0 Å². The van der Waals surface area contributed by atoms with Crippen molar-refractivity contribution in [3.8, 4) is 0 Å². The maximum absolute atomic E-state index is 12.0. The van der Waals surface area contributed by atoms with Crippen molar-refractivity contribution < 1.29 is 9.59 Å². The van der Waals surface area contributed by atoms with E-state index in [1.54, 1.807) is 24.3 Å². The number of carbonyl (C=O) groups excluding carboxylic acids is 2. The van der Waals surface area contributed by atoms with E-state index in [1.165, 1.54) is 0 Å². The van der Waals surface area contributed by atoms with E-state index in [4.69, 9.17) is 11.6 Å². The van der Waals surface area contributed by atoms with Crippen LogP contribution in [0.5, 0.6) is 0 Å². The maximum Gasteiger partial charge on any atom is 0.328 e. The number of imide groups is 1. The van der Waals surface area contributed by atoms with Crippen LogP contribution in [0.4, 0.5) is 10.5 Å². The highest BCUT2D eigenvalue weighted by Crippen LogP contribution is 2.22. The molecule has 1 atom stereocenters. The summed E-state index contributed by atoms with van der Waals surface area (Å²) in [7, 11) is 0. The van der Waals surface area contributed by atoms with Gasteiger partial charge in [-0.15, -0.1) is 0 Å². The summed E-state index contributed by atoms with van der Waals surface area (Å²) < 4.78 is 0. The average Bonchev–Trinajstić information content (AvgIpc) is 2.38. The zero-order valence-corrected chi connectivity index (χ0v) is 10.2. The molecule has 2 rings (SSSR count). The standard InChI is InChI=1S/C12H13ClN2O2/c1-8-5-11(16)15(12(17)14-7-8)10-4-2-3-9(13)6-10/h2-4,6,8H,5,7H2,1H3,(H,14,17). The van der Waals surface area contributed by atoms with E-state index in [1.807, 2.05) is 6.92 Å². The summed E-state index contributed by atoms with van der Waals surface area (Å²) in [6.45, 7) is 2.45. The van der Waals surface area contributed by atoms with Crippen LogP contribution in [-0.2, 0) is 4.79 Å². The lowest BCUT2D eigenvalue weighted by molar-refractivity contribution is -0.118. The van der Waals surface area contributed by atoms with Gasteiger partial charge in [0.25, 0.3) is 0 Å². The number of nitrogens with one attached hydrogen (secondary N) is 1. The molecule has 3 amide bonds. The molecule has 0 saturated carbocycles. The average molecular weight is 253 g/mol. The minimum Gasteiger partial charge on any atom is -0.337 e. The number of rotatable bonds is 1. The number of nitrogens with zero attached hydrogens (tertiary/aromatic N) is 1. The summed E-state index contributed by atoms with van der Waals surface area (Å²) in [5, 5.41) is 3.22. The number of amides is 3. The van der Waals surface area contributed by atoms with Crippen molar-refractivity contribution in [3.05, 3.63) is 29.3 Å². The smallest absolute Gasteiger partial charge is 0.328 e. The van der Waals surface area contributed by atoms with E-state index in [0.29, 0.717) is 23.7 Å². The topological polar surface area (TPSA) is 49.4 Å². The van der Waals surface area contributed by atoms with Crippen LogP contribution in [0.25, 0.3) is 0 Å². The van der Waals surface area contributed by atoms with Gasteiger partial charge in [0.15, 0.2) is 0 Å². The lowest BCUT2D eigenvalue weighted by atomic mass is 10.1. The molecule has 1 unspecified atom stereocenters. The van der Waals surface area contributed by atoms with Crippen LogP contribution in [0.1, 0.15) is 13.3 Å². The van der Waals surface area contributed by atoms with Gasteiger partial charge in [-0.1, -0.05) is 24.6 Å². The quantitative estimate of drug-likeness (QED) is 0.835. The first-order valence-corrected chi connectivity index (χ1v) is 5.82. The molecular formula is C12H13ClN2O2. The second-order valence-electron chi connectivity index (χ2n) is 4.20. The van der Waals surface area contributed by atoms with Crippen LogP contribution in [0.3, 0.4) is 0 Å². The first kappa shape index (κ1) is 11.9. The summed E-state index contributed by atoms with van der Waals surface area (Å²) >= 11 is 5.86. The fourth-order valence-corrected chi connectivity index (χ4v) is 1.98. The van der Waals surface area contributed by atoms with Crippen LogP contribution in [-0.4, -0.2) is 18.5 Å². The van der Waals surface area contributed by atoms with Gasteiger partial charge in [0.1, 0.15) is 0 Å². The summed E-state index contributed by atoms with van der Waals surface area (Å²) in [5.41, 5.74) is 0.508. The van der Waals surface area contributed by atoms with Crippen LogP contribution in [0, 0.1) is 5.92 Å². The summed E-state index contributed by atoms with van der Waals surface area (Å²) in [4.78, 5) is 24.9. The van der Waals surface area contributed by atoms with Crippen LogP contribution >= 0.6 is 11.6 Å². The van der Waals surface area contributed by atoms with E-state index >= 15 is 0 Å². The lowest BCUT2D eigenvalue weighted by Crippen LogP contribution is -2.41. The van der Waals surface area contributed by atoms with Gasteiger partial charge in [0.05, 0.1) is 5.69 Å². The third-order valence-corrected chi connectivity index (χ3v) is 2.88. The molecule has 0 aliphatic carbocycles. The molecule has 5 heteroatoms. The number of urea groups is 1. The van der Waals surface area contributed by atoms with Gasteiger partial charge in [0, 0.05) is 18.0 Å². The number of carbonyl (C=O) groups is 2. The second-order valence-corrected chi connectivity index (χ2v) is 4.64. The normalized spacial score (nSPS) is 21.1. The molecule has 0 aromatic heterocycles. The molecule has 4 nitrogen and oxygen atoms in total. The van der Waals surface area contributed by atoms with Gasteiger partial charge in [-0.2, -0.15) is 0 Å². The monoisotopic (exact) mass is 252 g/mol. The van der Waals surface area contributed by atoms with Crippen LogP contribution in [0.15, 0.2) is 24.3 Å². The Morgan fingerprint density at radius 1 is 1.41 bits per heavy atom. The van der Waals surface area contributed by atoms with Gasteiger partial charge < -0.3 is 5.32 Å². The Labute approximate surface area is 105 Å². The van der Waals surface area contributed by atoms with E-state index in [2.05, 4.69) is 5.32 Å². The molecule has 1 aliphatic rings. The van der Waals surface area contributed by atoms with Gasteiger partial charge in [-0.05, 0) is 24.1 Å². The second kappa shape index (κ2) is 4.75. The van der Waals surface area contributed by atoms with Gasteiger partial charge >= 0.3 is 6.03 Å². The molecular weight excluding hydrogens is 240 g/mol. The van der Waals surface area contributed by atoms with Crippen molar-refractivity contribution in [2.45, 2.75) is 13.3 Å². The zero-order valence-electron chi connectivity index (χ0n) is 9.44. The van der Waals surface area contributed by atoms with Gasteiger partial charge in [-0.3, -0.25) is 4.79 Å². The number of halogens is 1. The van der Waals surface area contributed by atoms with Crippen LogP contribution < -0.4 is 10.2 Å². The minimum atomic E-state index is -0.387. The highest BCUT2D eigenvalue weighted by molar-refractivity contribution is 6.31. The predicted molar refractivity (Wildman–Crippen MR) is 66.1 cm³/mol. The fourth-order valence-electron chi connectivity index (χ4n) is 1.79. The van der Waals surface area contributed by atoms with Gasteiger partial charge in [-0.25, -0.2) is 9.69 Å². The summed E-state index contributed by atoms with van der Waals surface area (Å²) in [5.74, 6) is -0.0506. The highest BCUT2D eigenvalue weighted by atomic mass is 35.5. The van der Waals surface area contributed by atoms with Crippen molar-refractivity contribution in [2.75, 3.05) is 11.4 Å². The molecule has 1 fully saturated rings. The number of hydrogen-bond donors (Lipinski definition) is 1. The Hall–Kier alpha value is -1.55. The molecule has 1 N–H and O–H groups in total. The molecule has 17 heavy (non-hydrogen) atoms. The Balaban J connectivity index is 2.34. The molecule has 0 radical (unpaired) electrons. The maximum atomic E-state index is 12.0. The van der Waals surface area contributed by atoms with Gasteiger partial charge in [0.2, 0.25) is 5.91 Å². The molecule has 1 saturated heterocycles. The van der Waals surface area contributed by atoms with Crippen molar-refractivity contribution in [1.82, 2.24) is 5.32 Å².